The topological polar surface area (TPSA) is 90.2 Å². The number of halogens is 1. The van der Waals surface area contributed by atoms with Gasteiger partial charge in [0.25, 0.3) is 0 Å². The van der Waals surface area contributed by atoms with Gasteiger partial charge in [0.1, 0.15) is 11.6 Å². The molecule has 3 rings (SSSR count). The van der Waals surface area contributed by atoms with Gasteiger partial charge in [-0.2, -0.15) is 0 Å². The van der Waals surface area contributed by atoms with E-state index in [1.165, 1.54) is 18.8 Å². The van der Waals surface area contributed by atoms with E-state index in [9.17, 15) is 0 Å². The smallest absolute Gasteiger partial charge is 0.141 e. The molecule has 1 aromatic carbocycles. The van der Waals surface area contributed by atoms with Gasteiger partial charge in [-0.3, -0.25) is 9.98 Å². The molecular weight excluding hydrogens is 329 g/mol. The molecule has 0 radical (unpaired) electrons. The summed E-state index contributed by atoms with van der Waals surface area (Å²) in [6, 6.07) is 3.83. The van der Waals surface area contributed by atoms with Crippen LogP contribution in [0.4, 0.5) is 10.2 Å². The van der Waals surface area contributed by atoms with Crippen LogP contribution in [-0.4, -0.2) is 23.2 Å². The maximum atomic E-state index is 15.4. The highest BCUT2D eigenvalue weighted by Crippen LogP contribution is 2.40. The van der Waals surface area contributed by atoms with Gasteiger partial charge >= 0.3 is 0 Å². The summed E-state index contributed by atoms with van der Waals surface area (Å²) in [5.74, 6) is 0.523. The zero-order chi connectivity index (χ0) is 18.5. The van der Waals surface area contributed by atoms with Crippen LogP contribution in [0.3, 0.4) is 0 Å². The average molecular weight is 353 g/mol. The van der Waals surface area contributed by atoms with Crippen molar-refractivity contribution in [1.82, 2.24) is 9.97 Å². The summed E-state index contributed by atoms with van der Waals surface area (Å²) in [7, 11) is 1.69. The first-order chi connectivity index (χ1) is 12.6. The minimum absolute atomic E-state index is 0.231. The van der Waals surface area contributed by atoms with Gasteiger partial charge in [-0.05, 0) is 54.9 Å². The Morgan fingerprint density at radius 1 is 1.31 bits per heavy atom. The third-order valence-electron chi connectivity index (χ3n) is 4.87. The zero-order valence-electron chi connectivity index (χ0n) is 15.0. The van der Waals surface area contributed by atoms with Crippen molar-refractivity contribution in [3.8, 4) is 11.3 Å². The number of aliphatic imine (C=N–C) groups is 1. The van der Waals surface area contributed by atoms with Gasteiger partial charge in [-0.25, -0.2) is 9.37 Å². The number of hydrogen-bond acceptors (Lipinski definition) is 5. The second-order valence-corrected chi connectivity index (χ2v) is 6.60. The fourth-order valence-corrected chi connectivity index (χ4v) is 3.19. The third kappa shape index (κ3) is 3.90. The minimum atomic E-state index is -0.231. The number of hydrogen-bond donors (Lipinski definition) is 2. The van der Waals surface area contributed by atoms with E-state index in [0.717, 1.165) is 24.0 Å². The third-order valence-corrected chi connectivity index (χ3v) is 4.87. The molecule has 6 heteroatoms. The quantitative estimate of drug-likeness (QED) is 0.776. The van der Waals surface area contributed by atoms with Crippen molar-refractivity contribution in [3.05, 3.63) is 53.2 Å². The van der Waals surface area contributed by atoms with E-state index in [2.05, 4.69) is 15.0 Å². The second kappa shape index (κ2) is 8.08. The Bertz CT molecular complexity index is 823. The molecular formula is C20H24FN5. The number of nitrogen functional groups attached to an aromatic ring is 1. The first-order valence-corrected chi connectivity index (χ1v) is 8.86. The van der Waals surface area contributed by atoms with Gasteiger partial charge in [0.2, 0.25) is 0 Å². The summed E-state index contributed by atoms with van der Waals surface area (Å²) in [6.07, 6.45) is 10.9. The average Bonchev–Trinajstić information content (AvgIpc) is 2.59. The Kier molecular flexibility index (Phi) is 5.61. The molecule has 1 aromatic heterocycles. The van der Waals surface area contributed by atoms with Crippen LogP contribution < -0.4 is 11.5 Å². The molecule has 0 spiro atoms. The Balaban J connectivity index is 1.95. The van der Waals surface area contributed by atoms with Gasteiger partial charge in [0.15, 0.2) is 0 Å². The van der Waals surface area contributed by atoms with E-state index in [1.54, 1.807) is 25.4 Å². The number of allylic oxidation sites excluding steroid dienone is 2. The standard InChI is InChI=1S/C20H24FN5/c1-24-10-9-14(22)5-6-16-15(13-3-2-4-13)7-8-17(20(16)21)18-11-26-19(23)12-25-18/h7-13H,2-6,22H2,1H3,(H2,23,26). The normalized spacial score (nSPS) is 15.4. The SMILES string of the molecule is CN=CC=C(N)CCc1c(C2CCC2)ccc(-c2cnc(N)cn2)c1F. The molecule has 0 atom stereocenters. The number of nitrogens with zero attached hydrogens (tertiary/aromatic N) is 3. The first kappa shape index (κ1) is 18.0. The van der Waals surface area contributed by atoms with Crippen LogP contribution in [0.1, 0.15) is 42.7 Å². The number of benzene rings is 1. The molecule has 0 aliphatic heterocycles. The highest BCUT2D eigenvalue weighted by Gasteiger charge is 2.25. The molecule has 0 unspecified atom stereocenters. The monoisotopic (exact) mass is 353 g/mol. The van der Waals surface area contributed by atoms with Crippen LogP contribution in [-0.2, 0) is 6.42 Å². The van der Waals surface area contributed by atoms with Crippen LogP contribution in [0.15, 0.2) is 41.3 Å². The molecule has 1 aliphatic rings. The Morgan fingerprint density at radius 2 is 2.12 bits per heavy atom. The number of aromatic nitrogens is 2. The first-order valence-electron chi connectivity index (χ1n) is 8.86. The highest BCUT2D eigenvalue weighted by molar-refractivity contribution is 5.71. The van der Waals surface area contributed by atoms with Crippen LogP contribution in [0.25, 0.3) is 11.3 Å². The molecule has 5 nitrogen and oxygen atoms in total. The summed E-state index contributed by atoms with van der Waals surface area (Å²) < 4.78 is 15.4. The fraction of sp³-hybridized carbons (Fsp3) is 0.350. The van der Waals surface area contributed by atoms with Crippen molar-refractivity contribution in [2.24, 2.45) is 10.7 Å². The summed E-state index contributed by atoms with van der Waals surface area (Å²) in [6.45, 7) is 0. The van der Waals surface area contributed by atoms with Crippen LogP contribution in [0.5, 0.6) is 0 Å². The van der Waals surface area contributed by atoms with Crippen LogP contribution in [0.2, 0.25) is 0 Å². The van der Waals surface area contributed by atoms with Gasteiger partial charge < -0.3 is 11.5 Å². The van der Waals surface area contributed by atoms with Gasteiger partial charge in [0.05, 0.1) is 18.1 Å². The van der Waals surface area contributed by atoms with E-state index in [4.69, 9.17) is 11.5 Å². The number of rotatable bonds is 6. The summed E-state index contributed by atoms with van der Waals surface area (Å²) >= 11 is 0. The van der Waals surface area contributed by atoms with Gasteiger partial charge in [-0.1, -0.05) is 12.5 Å². The molecule has 136 valence electrons. The van der Waals surface area contributed by atoms with E-state index in [-0.39, 0.29) is 5.82 Å². The number of nitrogens with two attached hydrogens (primary N) is 2. The summed E-state index contributed by atoms with van der Waals surface area (Å²) in [5, 5.41) is 0. The largest absolute Gasteiger partial charge is 0.402 e. The maximum absolute atomic E-state index is 15.4. The Labute approximate surface area is 153 Å². The van der Waals surface area contributed by atoms with Crippen molar-refractivity contribution in [2.75, 3.05) is 12.8 Å². The predicted molar refractivity (Wildman–Crippen MR) is 103 cm³/mol. The lowest BCUT2D eigenvalue weighted by atomic mass is 9.77. The van der Waals surface area contributed by atoms with Gasteiger partial charge in [-0.15, -0.1) is 0 Å². The Morgan fingerprint density at radius 3 is 2.73 bits per heavy atom. The molecule has 0 saturated heterocycles. The maximum Gasteiger partial charge on any atom is 0.141 e. The van der Waals surface area contributed by atoms with Crippen molar-refractivity contribution < 1.29 is 4.39 Å². The molecule has 1 aliphatic carbocycles. The zero-order valence-corrected chi connectivity index (χ0v) is 15.0. The van der Waals surface area contributed by atoms with Gasteiger partial charge in [0, 0.05) is 24.5 Å². The molecule has 26 heavy (non-hydrogen) atoms. The Hall–Kier alpha value is -2.76. The van der Waals surface area contributed by atoms with Crippen LogP contribution >= 0.6 is 0 Å². The van der Waals surface area contributed by atoms with E-state index < -0.39 is 0 Å². The highest BCUT2D eigenvalue weighted by atomic mass is 19.1. The lowest BCUT2D eigenvalue weighted by Crippen LogP contribution is -2.14. The van der Waals surface area contributed by atoms with E-state index >= 15 is 4.39 Å². The fourth-order valence-electron chi connectivity index (χ4n) is 3.19. The molecule has 4 N–H and O–H groups in total. The predicted octanol–water partition coefficient (Wildman–Crippen LogP) is 3.61. The summed E-state index contributed by atoms with van der Waals surface area (Å²) in [4.78, 5) is 12.1. The molecule has 1 fully saturated rings. The van der Waals surface area contributed by atoms with E-state index in [0.29, 0.717) is 41.5 Å². The minimum Gasteiger partial charge on any atom is -0.402 e. The molecule has 0 bridgehead atoms. The van der Waals surface area contributed by atoms with Crippen LogP contribution in [0, 0.1) is 5.82 Å². The second-order valence-electron chi connectivity index (χ2n) is 6.60. The van der Waals surface area contributed by atoms with Crippen molar-refractivity contribution in [2.45, 2.75) is 38.0 Å². The molecule has 0 amide bonds. The molecule has 2 aromatic rings. The lowest BCUT2D eigenvalue weighted by Gasteiger charge is -2.28. The molecule has 1 saturated carbocycles. The van der Waals surface area contributed by atoms with Crippen molar-refractivity contribution in [1.29, 1.82) is 0 Å². The lowest BCUT2D eigenvalue weighted by molar-refractivity contribution is 0.414. The van der Waals surface area contributed by atoms with E-state index in [1.807, 2.05) is 6.07 Å². The summed E-state index contributed by atoms with van der Waals surface area (Å²) in [5.41, 5.74) is 15.0. The molecule has 1 heterocycles. The number of anilines is 1. The van der Waals surface area contributed by atoms with Crippen molar-refractivity contribution in [3.63, 3.8) is 0 Å². The van der Waals surface area contributed by atoms with Crippen molar-refractivity contribution >= 4 is 12.0 Å².